The Balaban J connectivity index is 2.20. The van der Waals surface area contributed by atoms with Crippen LogP contribution in [-0.4, -0.2) is 24.1 Å². The standard InChI is InChI=1S/C12H15BrN2OS/c1-8-5-6-17-12(14-8)15-10-7-9(13)3-4-11(10)16-2/h3-4,7-8H,5-6H2,1-2H3,(H,14,15). The fraction of sp³-hybridized carbons (Fsp3) is 0.417. The first kappa shape index (κ1) is 12.8. The normalized spacial score (nSPS) is 19.7. The molecule has 0 amide bonds. The minimum absolute atomic E-state index is 0.400. The Morgan fingerprint density at radius 1 is 1.53 bits per heavy atom. The van der Waals surface area contributed by atoms with Crippen molar-refractivity contribution in [2.45, 2.75) is 19.4 Å². The highest BCUT2D eigenvalue weighted by Gasteiger charge is 2.13. The van der Waals surface area contributed by atoms with Gasteiger partial charge in [0.05, 0.1) is 18.8 Å². The number of thioether (sulfide) groups is 1. The number of hydrogen-bond donors (Lipinski definition) is 1. The van der Waals surface area contributed by atoms with E-state index in [1.807, 2.05) is 18.2 Å². The minimum atomic E-state index is 0.400. The van der Waals surface area contributed by atoms with E-state index in [2.05, 4.69) is 33.2 Å². The summed E-state index contributed by atoms with van der Waals surface area (Å²) in [6.45, 7) is 2.14. The molecule has 0 saturated heterocycles. The average Bonchev–Trinajstić information content (AvgIpc) is 2.29. The molecule has 1 aliphatic heterocycles. The second-order valence-electron chi connectivity index (χ2n) is 3.89. The molecule has 0 radical (unpaired) electrons. The van der Waals surface area contributed by atoms with E-state index in [1.54, 1.807) is 18.9 Å². The number of aliphatic imine (C=N–C) groups is 1. The van der Waals surface area contributed by atoms with Crippen LogP contribution in [0.15, 0.2) is 27.7 Å². The van der Waals surface area contributed by atoms with Crippen molar-refractivity contribution in [3.05, 3.63) is 22.7 Å². The smallest absolute Gasteiger partial charge is 0.161 e. The summed E-state index contributed by atoms with van der Waals surface area (Å²) < 4.78 is 6.34. The van der Waals surface area contributed by atoms with E-state index in [0.717, 1.165) is 33.3 Å². The van der Waals surface area contributed by atoms with Gasteiger partial charge in [-0.3, -0.25) is 4.99 Å². The van der Waals surface area contributed by atoms with E-state index in [-0.39, 0.29) is 0 Å². The molecule has 1 N–H and O–H groups in total. The van der Waals surface area contributed by atoms with Gasteiger partial charge in [-0.2, -0.15) is 0 Å². The molecule has 1 heterocycles. The topological polar surface area (TPSA) is 33.6 Å². The lowest BCUT2D eigenvalue weighted by Crippen LogP contribution is -2.18. The largest absolute Gasteiger partial charge is 0.495 e. The lowest BCUT2D eigenvalue weighted by Gasteiger charge is -2.19. The minimum Gasteiger partial charge on any atom is -0.495 e. The SMILES string of the molecule is COc1ccc(Br)cc1NC1=NC(C)CCS1. The van der Waals surface area contributed by atoms with Gasteiger partial charge in [-0.05, 0) is 31.5 Å². The van der Waals surface area contributed by atoms with Gasteiger partial charge in [-0.1, -0.05) is 27.7 Å². The van der Waals surface area contributed by atoms with Gasteiger partial charge < -0.3 is 10.1 Å². The highest BCUT2D eigenvalue weighted by molar-refractivity contribution is 9.10. The summed E-state index contributed by atoms with van der Waals surface area (Å²) in [6, 6.07) is 6.30. The zero-order chi connectivity index (χ0) is 12.3. The molecule has 1 aliphatic rings. The van der Waals surface area contributed by atoms with Crippen molar-refractivity contribution < 1.29 is 4.74 Å². The number of benzene rings is 1. The number of ether oxygens (including phenoxy) is 1. The molecule has 2 rings (SSSR count). The fourth-order valence-electron chi connectivity index (χ4n) is 1.59. The number of hydrogen-bond acceptors (Lipinski definition) is 4. The van der Waals surface area contributed by atoms with Crippen molar-refractivity contribution in [2.75, 3.05) is 18.2 Å². The Labute approximate surface area is 114 Å². The molecule has 17 heavy (non-hydrogen) atoms. The summed E-state index contributed by atoms with van der Waals surface area (Å²) >= 11 is 5.21. The van der Waals surface area contributed by atoms with Crippen LogP contribution in [0.3, 0.4) is 0 Å². The lowest BCUT2D eigenvalue weighted by atomic mass is 10.3. The van der Waals surface area contributed by atoms with Gasteiger partial charge >= 0.3 is 0 Å². The number of nitrogens with zero attached hydrogens (tertiary/aromatic N) is 1. The zero-order valence-electron chi connectivity index (χ0n) is 9.87. The third kappa shape index (κ3) is 3.39. The van der Waals surface area contributed by atoms with Gasteiger partial charge in [-0.15, -0.1) is 0 Å². The van der Waals surface area contributed by atoms with E-state index in [0.29, 0.717) is 6.04 Å². The van der Waals surface area contributed by atoms with Gasteiger partial charge in [0.15, 0.2) is 5.17 Å². The maximum Gasteiger partial charge on any atom is 0.161 e. The predicted molar refractivity (Wildman–Crippen MR) is 78.3 cm³/mol. The van der Waals surface area contributed by atoms with Crippen LogP contribution in [0.5, 0.6) is 5.75 Å². The molecule has 1 unspecified atom stereocenters. The lowest BCUT2D eigenvalue weighted by molar-refractivity contribution is 0.417. The first-order valence-corrected chi connectivity index (χ1v) is 7.28. The van der Waals surface area contributed by atoms with Gasteiger partial charge in [0.1, 0.15) is 5.75 Å². The Morgan fingerprint density at radius 2 is 2.35 bits per heavy atom. The number of methoxy groups -OCH3 is 1. The van der Waals surface area contributed by atoms with Crippen LogP contribution in [0.25, 0.3) is 0 Å². The highest BCUT2D eigenvalue weighted by atomic mass is 79.9. The van der Waals surface area contributed by atoms with Crippen LogP contribution >= 0.6 is 27.7 Å². The van der Waals surface area contributed by atoms with E-state index < -0.39 is 0 Å². The molecule has 0 fully saturated rings. The Kier molecular flexibility index (Phi) is 4.34. The maximum absolute atomic E-state index is 5.32. The third-order valence-corrected chi connectivity index (χ3v) is 3.93. The molecule has 1 aromatic rings. The molecule has 0 aromatic heterocycles. The molecular formula is C12H15BrN2OS. The number of nitrogens with one attached hydrogen (secondary N) is 1. The van der Waals surface area contributed by atoms with Crippen molar-refractivity contribution >= 4 is 38.5 Å². The quantitative estimate of drug-likeness (QED) is 0.902. The summed E-state index contributed by atoms with van der Waals surface area (Å²) in [7, 11) is 1.67. The van der Waals surface area contributed by atoms with Crippen LogP contribution in [0.1, 0.15) is 13.3 Å². The molecule has 0 saturated carbocycles. The molecule has 92 valence electrons. The molecule has 5 heteroatoms. The first-order valence-electron chi connectivity index (χ1n) is 5.50. The van der Waals surface area contributed by atoms with E-state index in [4.69, 9.17) is 4.74 Å². The molecule has 1 atom stereocenters. The summed E-state index contributed by atoms with van der Waals surface area (Å²) in [6.07, 6.45) is 1.14. The van der Waals surface area contributed by atoms with E-state index >= 15 is 0 Å². The van der Waals surface area contributed by atoms with Crippen LogP contribution in [-0.2, 0) is 0 Å². The first-order chi connectivity index (χ1) is 8.19. The number of anilines is 1. The molecule has 3 nitrogen and oxygen atoms in total. The van der Waals surface area contributed by atoms with Crippen molar-refractivity contribution in [1.29, 1.82) is 0 Å². The number of amidine groups is 1. The summed E-state index contributed by atoms with van der Waals surface area (Å²) in [4.78, 5) is 4.58. The fourth-order valence-corrected chi connectivity index (χ4v) is 3.04. The second-order valence-corrected chi connectivity index (χ2v) is 5.89. The Bertz CT molecular complexity index is 437. The molecule has 0 bridgehead atoms. The average molecular weight is 315 g/mol. The van der Waals surface area contributed by atoms with E-state index in [1.165, 1.54) is 0 Å². The molecular weight excluding hydrogens is 300 g/mol. The Hall–Kier alpha value is -0.680. The number of halogens is 1. The second kappa shape index (κ2) is 5.78. The van der Waals surface area contributed by atoms with E-state index in [9.17, 15) is 0 Å². The van der Waals surface area contributed by atoms with Crippen LogP contribution in [0.4, 0.5) is 5.69 Å². The molecule has 0 spiro atoms. The number of rotatable bonds is 2. The van der Waals surface area contributed by atoms with Gasteiger partial charge in [0.25, 0.3) is 0 Å². The summed E-state index contributed by atoms with van der Waals surface area (Å²) in [5.41, 5.74) is 0.947. The summed E-state index contributed by atoms with van der Waals surface area (Å²) in [5, 5.41) is 4.30. The van der Waals surface area contributed by atoms with Crippen molar-refractivity contribution in [3.8, 4) is 5.75 Å². The summed E-state index contributed by atoms with van der Waals surface area (Å²) in [5.74, 6) is 1.94. The zero-order valence-corrected chi connectivity index (χ0v) is 12.3. The maximum atomic E-state index is 5.32. The van der Waals surface area contributed by atoms with Gasteiger partial charge in [0, 0.05) is 10.2 Å². The monoisotopic (exact) mass is 314 g/mol. The molecule has 0 aliphatic carbocycles. The molecule has 1 aromatic carbocycles. The van der Waals surface area contributed by atoms with Crippen molar-refractivity contribution in [1.82, 2.24) is 0 Å². The Morgan fingerprint density at radius 3 is 3.06 bits per heavy atom. The predicted octanol–water partition coefficient (Wildman–Crippen LogP) is 3.75. The van der Waals surface area contributed by atoms with Gasteiger partial charge in [0.2, 0.25) is 0 Å². The van der Waals surface area contributed by atoms with Crippen LogP contribution < -0.4 is 10.1 Å². The van der Waals surface area contributed by atoms with Crippen LogP contribution in [0.2, 0.25) is 0 Å². The highest BCUT2D eigenvalue weighted by Crippen LogP contribution is 2.29. The van der Waals surface area contributed by atoms with Gasteiger partial charge in [-0.25, -0.2) is 0 Å². The van der Waals surface area contributed by atoms with Crippen LogP contribution in [0, 0.1) is 0 Å². The van der Waals surface area contributed by atoms with Crippen molar-refractivity contribution in [3.63, 3.8) is 0 Å². The van der Waals surface area contributed by atoms with Crippen molar-refractivity contribution in [2.24, 2.45) is 4.99 Å². The third-order valence-electron chi connectivity index (χ3n) is 2.52.